The molecule has 3 aromatic rings. The van der Waals surface area contributed by atoms with Crippen molar-refractivity contribution < 1.29 is 19.0 Å². The molecule has 0 spiro atoms. The van der Waals surface area contributed by atoms with Crippen molar-refractivity contribution in [2.75, 3.05) is 25.2 Å². The molecule has 3 aromatic carbocycles. The Morgan fingerprint density at radius 3 is 2.32 bits per heavy atom. The minimum atomic E-state index is -0.149. The molecule has 0 atom stereocenters. The van der Waals surface area contributed by atoms with Crippen LogP contribution in [0.5, 0.6) is 17.2 Å². The number of rotatable bonds is 8. The van der Waals surface area contributed by atoms with E-state index in [4.69, 9.17) is 26.4 Å². The highest BCUT2D eigenvalue weighted by Gasteiger charge is 2.33. The SMILES string of the molecule is COc1cc(/C=C2/SC(=S)N(c3ccccc3)C2=O)cc(Br)c1OCCOc1ccc(C(C)(C)C)cc1. The van der Waals surface area contributed by atoms with Crippen molar-refractivity contribution in [3.8, 4) is 17.2 Å². The van der Waals surface area contributed by atoms with Gasteiger partial charge in [-0.1, -0.05) is 75.1 Å². The van der Waals surface area contributed by atoms with Crippen LogP contribution in [0.3, 0.4) is 0 Å². The molecule has 5 nitrogen and oxygen atoms in total. The van der Waals surface area contributed by atoms with E-state index in [-0.39, 0.29) is 11.3 Å². The second-order valence-electron chi connectivity index (χ2n) is 9.36. The maximum atomic E-state index is 13.1. The summed E-state index contributed by atoms with van der Waals surface area (Å²) < 4.78 is 18.6. The van der Waals surface area contributed by atoms with Crippen LogP contribution in [0, 0.1) is 0 Å². The number of thiocarbonyl (C=S) groups is 1. The fourth-order valence-corrected chi connectivity index (χ4v) is 5.61. The highest BCUT2D eigenvalue weighted by atomic mass is 79.9. The summed E-state index contributed by atoms with van der Waals surface area (Å²) in [5, 5.41) is 0. The fourth-order valence-electron chi connectivity index (χ4n) is 3.74. The predicted molar refractivity (Wildman–Crippen MR) is 159 cm³/mol. The Bertz CT molecular complexity index is 1320. The molecule has 0 bridgehead atoms. The molecule has 1 saturated heterocycles. The van der Waals surface area contributed by atoms with Crippen molar-refractivity contribution >= 4 is 61.9 Å². The number of amides is 1. The third-order valence-corrected chi connectivity index (χ3v) is 7.57. The van der Waals surface area contributed by atoms with Crippen LogP contribution in [0.25, 0.3) is 6.08 Å². The molecule has 0 radical (unpaired) electrons. The first-order chi connectivity index (χ1) is 17.7. The Kier molecular flexibility index (Phi) is 8.62. The van der Waals surface area contributed by atoms with Gasteiger partial charge < -0.3 is 14.2 Å². The first-order valence-corrected chi connectivity index (χ1v) is 13.8. The molecule has 0 aliphatic carbocycles. The second kappa shape index (κ2) is 11.7. The number of thioether (sulfide) groups is 1. The Morgan fingerprint density at radius 2 is 1.68 bits per heavy atom. The van der Waals surface area contributed by atoms with E-state index in [1.807, 2.05) is 60.7 Å². The molecule has 1 fully saturated rings. The van der Waals surface area contributed by atoms with Crippen molar-refractivity contribution in [1.82, 2.24) is 0 Å². The van der Waals surface area contributed by atoms with Crippen molar-refractivity contribution in [2.45, 2.75) is 26.2 Å². The zero-order valence-corrected chi connectivity index (χ0v) is 24.3. The summed E-state index contributed by atoms with van der Waals surface area (Å²) in [6, 6.07) is 21.2. The van der Waals surface area contributed by atoms with Gasteiger partial charge in [-0.2, -0.15) is 0 Å². The average Bonchev–Trinajstić information content (AvgIpc) is 3.15. The third kappa shape index (κ3) is 6.55. The largest absolute Gasteiger partial charge is 0.493 e. The van der Waals surface area contributed by atoms with Gasteiger partial charge in [-0.3, -0.25) is 9.69 Å². The molecule has 0 saturated carbocycles. The molecule has 0 unspecified atom stereocenters. The number of anilines is 1. The molecule has 1 amide bonds. The first kappa shape index (κ1) is 27.2. The van der Waals surface area contributed by atoms with Crippen LogP contribution in [-0.2, 0) is 10.2 Å². The molecule has 1 heterocycles. The third-order valence-electron chi connectivity index (χ3n) is 5.68. The van der Waals surface area contributed by atoms with Gasteiger partial charge in [0.1, 0.15) is 19.0 Å². The standard InChI is InChI=1S/C29H28BrNO4S2/c1-29(2,3)20-10-12-22(13-11-20)34-14-15-35-26-23(30)16-19(17-24(26)33-4)18-25-27(32)31(28(36)37-25)21-8-6-5-7-9-21/h5-13,16-18H,14-15H2,1-4H3/b25-18+. The first-order valence-electron chi connectivity index (χ1n) is 11.7. The number of halogens is 1. The number of methoxy groups -OCH3 is 1. The van der Waals surface area contributed by atoms with Gasteiger partial charge in [0.25, 0.3) is 5.91 Å². The smallest absolute Gasteiger partial charge is 0.270 e. The Morgan fingerprint density at radius 1 is 1.00 bits per heavy atom. The summed E-state index contributed by atoms with van der Waals surface area (Å²) in [6.07, 6.45) is 1.81. The molecule has 37 heavy (non-hydrogen) atoms. The lowest BCUT2D eigenvalue weighted by atomic mass is 9.87. The highest BCUT2D eigenvalue weighted by Crippen LogP contribution is 2.40. The normalized spacial score (nSPS) is 14.8. The number of benzene rings is 3. The second-order valence-corrected chi connectivity index (χ2v) is 11.9. The van der Waals surface area contributed by atoms with Gasteiger partial charge in [-0.05, 0) is 74.9 Å². The van der Waals surface area contributed by atoms with E-state index in [1.165, 1.54) is 17.3 Å². The predicted octanol–water partition coefficient (Wildman–Crippen LogP) is 7.62. The molecule has 4 rings (SSSR count). The summed E-state index contributed by atoms with van der Waals surface area (Å²) in [5.74, 6) is 1.77. The Hall–Kier alpha value is -2.81. The average molecular weight is 599 g/mol. The summed E-state index contributed by atoms with van der Waals surface area (Å²) in [6.45, 7) is 7.27. The topological polar surface area (TPSA) is 48.0 Å². The van der Waals surface area contributed by atoms with Gasteiger partial charge in [-0.25, -0.2) is 0 Å². The van der Waals surface area contributed by atoms with E-state index >= 15 is 0 Å². The summed E-state index contributed by atoms with van der Waals surface area (Å²) in [4.78, 5) is 15.1. The molecule has 192 valence electrons. The summed E-state index contributed by atoms with van der Waals surface area (Å²) in [7, 11) is 1.58. The van der Waals surface area contributed by atoms with E-state index in [9.17, 15) is 4.79 Å². The number of nitrogens with zero attached hydrogens (tertiary/aromatic N) is 1. The number of hydrogen-bond donors (Lipinski definition) is 0. The van der Waals surface area contributed by atoms with Gasteiger partial charge >= 0.3 is 0 Å². The van der Waals surface area contributed by atoms with Crippen LogP contribution in [0.15, 0.2) is 76.1 Å². The van der Waals surface area contributed by atoms with Gasteiger partial charge in [0.05, 0.1) is 22.2 Å². The Balaban J connectivity index is 1.42. The number of hydrogen-bond acceptors (Lipinski definition) is 6. The molecule has 8 heteroatoms. The number of ether oxygens (including phenoxy) is 3. The van der Waals surface area contributed by atoms with Gasteiger partial charge in [-0.15, -0.1) is 0 Å². The molecule has 0 N–H and O–H groups in total. The lowest BCUT2D eigenvalue weighted by molar-refractivity contribution is -0.113. The van der Waals surface area contributed by atoms with Crippen molar-refractivity contribution in [2.24, 2.45) is 0 Å². The lowest BCUT2D eigenvalue weighted by Gasteiger charge is -2.19. The molecule has 1 aliphatic heterocycles. The van der Waals surface area contributed by atoms with Crippen LogP contribution in [0.2, 0.25) is 0 Å². The highest BCUT2D eigenvalue weighted by molar-refractivity contribution is 9.10. The van der Waals surface area contributed by atoms with Crippen LogP contribution >= 0.6 is 39.9 Å². The zero-order chi connectivity index (χ0) is 26.6. The molecule has 1 aliphatic rings. The molecular formula is C29H28BrNO4S2. The van der Waals surface area contributed by atoms with Crippen LogP contribution in [0.4, 0.5) is 5.69 Å². The quantitative estimate of drug-likeness (QED) is 0.151. The maximum absolute atomic E-state index is 13.1. The van der Waals surface area contributed by atoms with E-state index in [1.54, 1.807) is 12.0 Å². The maximum Gasteiger partial charge on any atom is 0.270 e. The molecule has 0 aromatic heterocycles. The summed E-state index contributed by atoms with van der Waals surface area (Å²) in [5.41, 5.74) is 2.90. The van der Waals surface area contributed by atoms with E-state index in [0.29, 0.717) is 38.4 Å². The lowest BCUT2D eigenvalue weighted by Crippen LogP contribution is -2.27. The van der Waals surface area contributed by atoms with E-state index < -0.39 is 0 Å². The van der Waals surface area contributed by atoms with E-state index in [0.717, 1.165) is 17.0 Å². The van der Waals surface area contributed by atoms with Crippen molar-refractivity contribution in [3.63, 3.8) is 0 Å². The number of carbonyl (C=O) groups excluding carboxylic acids is 1. The fraction of sp³-hybridized carbons (Fsp3) is 0.241. The van der Waals surface area contributed by atoms with Crippen molar-refractivity contribution in [1.29, 1.82) is 0 Å². The van der Waals surface area contributed by atoms with Gasteiger partial charge in [0, 0.05) is 0 Å². The van der Waals surface area contributed by atoms with Gasteiger partial charge in [0.2, 0.25) is 0 Å². The number of carbonyl (C=O) groups is 1. The number of para-hydroxylation sites is 1. The van der Waals surface area contributed by atoms with Gasteiger partial charge in [0.15, 0.2) is 15.8 Å². The van der Waals surface area contributed by atoms with E-state index in [2.05, 4.69) is 48.8 Å². The van der Waals surface area contributed by atoms with Crippen molar-refractivity contribution in [3.05, 3.63) is 87.2 Å². The minimum Gasteiger partial charge on any atom is -0.493 e. The van der Waals surface area contributed by atoms with Crippen LogP contribution < -0.4 is 19.1 Å². The summed E-state index contributed by atoms with van der Waals surface area (Å²) >= 11 is 10.3. The minimum absolute atomic E-state index is 0.101. The Labute approximate surface area is 235 Å². The zero-order valence-electron chi connectivity index (χ0n) is 21.1. The van der Waals surface area contributed by atoms with Crippen LogP contribution in [0.1, 0.15) is 31.9 Å². The molecular weight excluding hydrogens is 570 g/mol. The van der Waals surface area contributed by atoms with Crippen LogP contribution in [-0.4, -0.2) is 30.6 Å². The monoisotopic (exact) mass is 597 g/mol.